The third-order valence-corrected chi connectivity index (χ3v) is 7.88. The number of aromatic hydroxyl groups is 1. The number of likely N-dealkylation sites (tertiary alicyclic amines) is 1. The minimum atomic E-state index is -1.00. The molecule has 0 spiro atoms. The van der Waals surface area contributed by atoms with E-state index in [1.807, 2.05) is 30.3 Å². The highest BCUT2D eigenvalue weighted by Crippen LogP contribution is 2.36. The Bertz CT molecular complexity index is 1170. The summed E-state index contributed by atoms with van der Waals surface area (Å²) in [6.45, 7) is 0.444. The predicted octanol–water partition coefficient (Wildman–Crippen LogP) is 2.44. The molecule has 2 amide bonds. The largest absolute Gasteiger partial charge is 0.508 e. The minimum absolute atomic E-state index is 0.104. The number of nitrogens with two attached hydrogens (primary N) is 1. The highest BCUT2D eigenvalue weighted by molar-refractivity contribution is 5.96. The summed E-state index contributed by atoms with van der Waals surface area (Å²) in [6, 6.07) is 13.9. The van der Waals surface area contributed by atoms with Gasteiger partial charge in [0.25, 0.3) is 0 Å². The van der Waals surface area contributed by atoms with E-state index in [0.29, 0.717) is 38.6 Å². The molecule has 2 aliphatic rings. The van der Waals surface area contributed by atoms with Gasteiger partial charge in [-0.25, -0.2) is 0 Å². The smallest absolute Gasteiger partial charge is 0.305 e. The van der Waals surface area contributed by atoms with Crippen molar-refractivity contribution >= 4 is 23.6 Å². The van der Waals surface area contributed by atoms with Crippen LogP contribution >= 0.6 is 0 Å². The predicted molar refractivity (Wildman–Crippen MR) is 145 cm³/mol. The van der Waals surface area contributed by atoms with Crippen molar-refractivity contribution < 1.29 is 29.4 Å². The third kappa shape index (κ3) is 7.23. The van der Waals surface area contributed by atoms with Crippen molar-refractivity contribution in [2.24, 2.45) is 17.6 Å². The number of rotatable bonds is 11. The number of carboxylic acid groups (broad SMARTS) is 1. The van der Waals surface area contributed by atoms with Crippen LogP contribution in [0.3, 0.4) is 0 Å². The van der Waals surface area contributed by atoms with Crippen molar-refractivity contribution in [2.75, 3.05) is 6.54 Å². The zero-order valence-corrected chi connectivity index (χ0v) is 22.0. The number of benzene rings is 2. The first-order chi connectivity index (χ1) is 18.7. The van der Waals surface area contributed by atoms with Gasteiger partial charge in [0.2, 0.25) is 11.8 Å². The molecule has 1 heterocycles. The summed E-state index contributed by atoms with van der Waals surface area (Å²) in [5, 5.41) is 21.8. The first kappa shape index (κ1) is 28.3. The molecule has 0 bridgehead atoms. The summed E-state index contributed by atoms with van der Waals surface area (Å²) in [7, 11) is 0. The van der Waals surface area contributed by atoms with Crippen LogP contribution in [0.1, 0.15) is 49.7 Å². The molecule has 39 heavy (non-hydrogen) atoms. The molecule has 208 valence electrons. The molecule has 9 heteroatoms. The Morgan fingerprint density at radius 2 is 1.56 bits per heavy atom. The zero-order valence-electron chi connectivity index (χ0n) is 22.0. The lowest BCUT2D eigenvalue weighted by atomic mass is 9.86. The number of nitrogens with zero attached hydrogens (tertiary/aromatic N) is 1. The molecule has 5 N–H and O–H groups in total. The standard InChI is InChI=1S/C30H37N3O6/c31-25(17-20-11-13-22(34)14-12-20)30(39)33-15-5-10-26(33)28(37)23-8-4-9-24(23)29(38)32-21(18-27(35)36)16-19-6-2-1-3-7-19/h1-3,6-7,11-14,21,23-26,34H,4-5,8-10,15-18,31H2,(H,32,38)(H,35,36)/t21-,23?,24+,25-,26-/m0/s1. The van der Waals surface area contributed by atoms with E-state index in [1.165, 1.54) is 0 Å². The Morgan fingerprint density at radius 1 is 0.897 bits per heavy atom. The number of nitrogens with one attached hydrogen (secondary N) is 1. The second kappa shape index (κ2) is 12.9. The maximum Gasteiger partial charge on any atom is 0.305 e. The summed E-state index contributed by atoms with van der Waals surface area (Å²) in [5.74, 6) is -2.62. The van der Waals surface area contributed by atoms with E-state index >= 15 is 0 Å². The summed E-state index contributed by atoms with van der Waals surface area (Å²) < 4.78 is 0. The normalized spacial score (nSPS) is 22.3. The number of phenolic OH excluding ortho intramolecular Hbond substituents is 1. The van der Waals surface area contributed by atoms with E-state index < -0.39 is 35.9 Å². The van der Waals surface area contributed by atoms with E-state index in [1.54, 1.807) is 29.2 Å². The number of Topliss-reactive ketones (excluding diaryl/α,β-unsaturated/α-hetero) is 1. The highest BCUT2D eigenvalue weighted by Gasteiger charge is 2.45. The van der Waals surface area contributed by atoms with Gasteiger partial charge in [-0.2, -0.15) is 0 Å². The average molecular weight is 536 g/mol. The van der Waals surface area contributed by atoms with Gasteiger partial charge in [-0.1, -0.05) is 48.9 Å². The van der Waals surface area contributed by atoms with Gasteiger partial charge in [0.1, 0.15) is 5.75 Å². The molecule has 1 unspecified atom stereocenters. The Kier molecular flexibility index (Phi) is 9.35. The lowest BCUT2D eigenvalue weighted by Gasteiger charge is -2.30. The zero-order chi connectivity index (χ0) is 27.9. The van der Waals surface area contributed by atoms with E-state index in [0.717, 1.165) is 17.5 Å². The number of ketones is 1. The molecule has 1 aliphatic heterocycles. The van der Waals surface area contributed by atoms with Crippen molar-refractivity contribution in [2.45, 2.75) is 69.5 Å². The van der Waals surface area contributed by atoms with Gasteiger partial charge < -0.3 is 26.2 Å². The van der Waals surface area contributed by atoms with Crippen LogP contribution in [0.15, 0.2) is 54.6 Å². The fourth-order valence-corrected chi connectivity index (χ4v) is 5.97. The number of carbonyl (C=O) groups excluding carboxylic acids is 3. The fourth-order valence-electron chi connectivity index (χ4n) is 5.97. The second-order valence-corrected chi connectivity index (χ2v) is 10.7. The van der Waals surface area contributed by atoms with E-state index in [4.69, 9.17) is 5.73 Å². The number of amides is 2. The number of hydrogen-bond acceptors (Lipinski definition) is 6. The van der Waals surface area contributed by atoms with Gasteiger partial charge in [0.05, 0.1) is 18.5 Å². The molecular weight excluding hydrogens is 498 g/mol. The average Bonchev–Trinajstić information content (AvgIpc) is 3.60. The summed E-state index contributed by atoms with van der Waals surface area (Å²) in [6.07, 6.45) is 3.52. The first-order valence-corrected chi connectivity index (χ1v) is 13.7. The van der Waals surface area contributed by atoms with Crippen molar-refractivity contribution in [3.63, 3.8) is 0 Å². The Hall–Kier alpha value is -3.72. The first-order valence-electron chi connectivity index (χ1n) is 13.7. The van der Waals surface area contributed by atoms with Crippen LogP contribution in [0.25, 0.3) is 0 Å². The van der Waals surface area contributed by atoms with Crippen LogP contribution in [0.5, 0.6) is 5.75 Å². The maximum atomic E-state index is 13.7. The van der Waals surface area contributed by atoms with Crippen LogP contribution in [0.2, 0.25) is 0 Å². The van der Waals surface area contributed by atoms with Crippen LogP contribution in [0.4, 0.5) is 0 Å². The highest BCUT2D eigenvalue weighted by atomic mass is 16.4. The maximum absolute atomic E-state index is 13.7. The Labute approximate surface area is 228 Å². The van der Waals surface area contributed by atoms with Gasteiger partial charge in [-0.3, -0.25) is 19.2 Å². The summed E-state index contributed by atoms with van der Waals surface area (Å²) >= 11 is 0. The molecule has 1 saturated carbocycles. The number of aliphatic carboxylic acids is 1. The van der Waals surface area contributed by atoms with Crippen molar-refractivity contribution in [3.05, 3.63) is 65.7 Å². The van der Waals surface area contributed by atoms with Crippen molar-refractivity contribution in [1.29, 1.82) is 0 Å². The summed E-state index contributed by atoms with van der Waals surface area (Å²) in [5.41, 5.74) is 7.98. The van der Waals surface area contributed by atoms with Gasteiger partial charge in [0.15, 0.2) is 5.78 Å². The topological polar surface area (TPSA) is 150 Å². The lowest BCUT2D eigenvalue weighted by molar-refractivity contribution is -0.142. The van der Waals surface area contributed by atoms with Crippen molar-refractivity contribution in [1.82, 2.24) is 10.2 Å². The van der Waals surface area contributed by atoms with E-state index in [2.05, 4.69) is 5.32 Å². The van der Waals surface area contributed by atoms with Crippen LogP contribution in [-0.4, -0.2) is 63.4 Å². The fraction of sp³-hybridized carbons (Fsp3) is 0.467. The molecule has 0 aromatic heterocycles. The van der Waals surface area contributed by atoms with Crippen LogP contribution in [-0.2, 0) is 32.0 Å². The van der Waals surface area contributed by atoms with Gasteiger partial charge in [-0.05, 0) is 61.8 Å². The molecule has 4 rings (SSSR count). The molecule has 9 nitrogen and oxygen atoms in total. The van der Waals surface area contributed by atoms with E-state index in [-0.39, 0.29) is 36.2 Å². The lowest BCUT2D eigenvalue weighted by Crippen LogP contribution is -2.51. The number of phenols is 1. The molecule has 1 aliphatic carbocycles. The number of carboxylic acids is 1. The molecule has 2 aromatic rings. The monoisotopic (exact) mass is 535 g/mol. The Balaban J connectivity index is 1.40. The second-order valence-electron chi connectivity index (χ2n) is 10.7. The molecular formula is C30H37N3O6. The Morgan fingerprint density at radius 3 is 2.26 bits per heavy atom. The van der Waals surface area contributed by atoms with Crippen molar-refractivity contribution in [3.8, 4) is 5.75 Å². The minimum Gasteiger partial charge on any atom is -0.508 e. The summed E-state index contributed by atoms with van der Waals surface area (Å²) in [4.78, 5) is 53.3. The van der Waals surface area contributed by atoms with E-state index in [9.17, 15) is 29.4 Å². The van der Waals surface area contributed by atoms with Crippen LogP contribution < -0.4 is 11.1 Å². The molecule has 2 fully saturated rings. The quantitative estimate of drug-likeness (QED) is 0.345. The molecule has 2 aromatic carbocycles. The molecule has 5 atom stereocenters. The van der Waals surface area contributed by atoms with Gasteiger partial charge in [-0.15, -0.1) is 0 Å². The number of hydrogen-bond donors (Lipinski definition) is 4. The molecule has 1 saturated heterocycles. The molecule has 0 radical (unpaired) electrons. The van der Waals surface area contributed by atoms with Gasteiger partial charge >= 0.3 is 5.97 Å². The van der Waals surface area contributed by atoms with Crippen LogP contribution in [0, 0.1) is 11.8 Å². The third-order valence-electron chi connectivity index (χ3n) is 7.88. The number of carbonyl (C=O) groups is 4. The SMILES string of the molecule is N[C@@H](Cc1ccc(O)cc1)C(=O)N1CCC[C@H]1C(=O)C1CCC[C@H]1C(=O)N[C@H](CC(=O)O)Cc1ccccc1. The van der Waals surface area contributed by atoms with Gasteiger partial charge in [0, 0.05) is 24.4 Å².